The zero-order valence-corrected chi connectivity index (χ0v) is 15.4. The van der Waals surface area contributed by atoms with Gasteiger partial charge in [-0.05, 0) is 37.3 Å². The van der Waals surface area contributed by atoms with Crippen LogP contribution in [0.15, 0.2) is 52.0 Å². The van der Waals surface area contributed by atoms with Crippen molar-refractivity contribution in [1.29, 1.82) is 0 Å². The van der Waals surface area contributed by atoms with Crippen LogP contribution in [0.4, 0.5) is 11.4 Å². The van der Waals surface area contributed by atoms with Crippen LogP contribution in [-0.4, -0.2) is 24.8 Å². The van der Waals surface area contributed by atoms with Crippen LogP contribution in [0, 0.1) is 6.92 Å². The minimum Gasteiger partial charge on any atom is -0.478 e. The number of nitrogens with zero attached hydrogens (tertiary/aromatic N) is 1. The average molecular weight is 421 g/mol. The Bertz CT molecular complexity index is 1020. The molecule has 0 saturated heterocycles. The van der Waals surface area contributed by atoms with E-state index in [-0.39, 0.29) is 10.5 Å². The standard InChI is InChI=1S/C17H13BrN2O4S/c1-9-2-4-14(12(6-9)17(21)22)20-16-11-7-10(18)3-5-13(11)19-8-15(16)25(23)24/h2-8H,1H3,(H,19,20)(H,21,22)(H,23,24). The number of fused-ring (bicyclic) bond motifs is 1. The molecule has 3 N–H and O–H groups in total. The summed E-state index contributed by atoms with van der Waals surface area (Å²) in [6.07, 6.45) is 1.31. The molecule has 0 amide bonds. The Balaban J connectivity index is 2.25. The Labute approximate surface area is 154 Å². The number of nitrogens with one attached hydrogen (secondary N) is 1. The molecule has 3 rings (SSSR count). The number of aryl methyl sites for hydroxylation is 1. The maximum Gasteiger partial charge on any atom is 0.337 e. The smallest absolute Gasteiger partial charge is 0.337 e. The second-order valence-corrected chi connectivity index (χ2v) is 7.24. The first kappa shape index (κ1) is 17.5. The molecule has 0 aliphatic rings. The summed E-state index contributed by atoms with van der Waals surface area (Å²) >= 11 is 1.09. The minimum atomic E-state index is -2.29. The first-order valence-electron chi connectivity index (χ1n) is 7.17. The predicted molar refractivity (Wildman–Crippen MR) is 99.9 cm³/mol. The van der Waals surface area contributed by atoms with Crippen molar-refractivity contribution in [2.75, 3.05) is 5.32 Å². The van der Waals surface area contributed by atoms with Gasteiger partial charge in [0.25, 0.3) is 0 Å². The van der Waals surface area contributed by atoms with Crippen molar-refractivity contribution < 1.29 is 18.7 Å². The molecule has 2 aromatic carbocycles. The third-order valence-electron chi connectivity index (χ3n) is 3.65. The van der Waals surface area contributed by atoms with Gasteiger partial charge < -0.3 is 15.0 Å². The van der Waals surface area contributed by atoms with Gasteiger partial charge in [-0.25, -0.2) is 9.00 Å². The molecule has 3 aromatic rings. The Morgan fingerprint density at radius 3 is 2.68 bits per heavy atom. The monoisotopic (exact) mass is 420 g/mol. The number of carboxylic acid groups (broad SMARTS) is 1. The van der Waals surface area contributed by atoms with E-state index < -0.39 is 17.0 Å². The lowest BCUT2D eigenvalue weighted by Gasteiger charge is -2.15. The highest BCUT2D eigenvalue weighted by atomic mass is 79.9. The fourth-order valence-electron chi connectivity index (χ4n) is 2.49. The number of carboxylic acids is 1. The zero-order chi connectivity index (χ0) is 18.1. The van der Waals surface area contributed by atoms with Crippen molar-refractivity contribution in [2.24, 2.45) is 0 Å². The molecule has 1 heterocycles. The van der Waals surface area contributed by atoms with E-state index in [0.29, 0.717) is 22.3 Å². The normalized spacial score (nSPS) is 12.1. The quantitative estimate of drug-likeness (QED) is 0.543. The molecule has 6 nitrogen and oxygen atoms in total. The Hall–Kier alpha value is -2.29. The molecule has 0 bridgehead atoms. The van der Waals surface area contributed by atoms with Crippen molar-refractivity contribution in [3.8, 4) is 0 Å². The van der Waals surface area contributed by atoms with Gasteiger partial charge in [0.1, 0.15) is 4.90 Å². The molecule has 0 spiro atoms. The van der Waals surface area contributed by atoms with Gasteiger partial charge in [0.2, 0.25) is 0 Å². The summed E-state index contributed by atoms with van der Waals surface area (Å²) in [6.45, 7) is 1.80. The van der Waals surface area contributed by atoms with E-state index in [1.54, 1.807) is 37.3 Å². The van der Waals surface area contributed by atoms with Crippen molar-refractivity contribution in [1.82, 2.24) is 4.98 Å². The number of benzene rings is 2. The lowest BCUT2D eigenvalue weighted by Crippen LogP contribution is -2.06. The van der Waals surface area contributed by atoms with Crippen LogP contribution >= 0.6 is 15.9 Å². The molecule has 1 atom stereocenters. The van der Waals surface area contributed by atoms with E-state index in [2.05, 4.69) is 26.2 Å². The highest BCUT2D eigenvalue weighted by Crippen LogP contribution is 2.33. The second kappa shape index (κ2) is 6.91. The number of rotatable bonds is 4. The Kier molecular flexibility index (Phi) is 4.85. The van der Waals surface area contributed by atoms with Crippen LogP contribution in [-0.2, 0) is 11.1 Å². The van der Waals surface area contributed by atoms with Crippen LogP contribution in [0.3, 0.4) is 0 Å². The van der Waals surface area contributed by atoms with Gasteiger partial charge >= 0.3 is 5.97 Å². The molecule has 8 heteroatoms. The van der Waals surface area contributed by atoms with E-state index in [1.807, 2.05) is 6.07 Å². The third-order valence-corrected chi connectivity index (χ3v) is 4.83. The number of hydrogen-bond donors (Lipinski definition) is 3. The van der Waals surface area contributed by atoms with Crippen LogP contribution in [0.1, 0.15) is 15.9 Å². The van der Waals surface area contributed by atoms with Gasteiger partial charge in [0, 0.05) is 16.1 Å². The molecule has 25 heavy (non-hydrogen) atoms. The SMILES string of the molecule is Cc1ccc(Nc2c(S(=O)O)cnc3ccc(Br)cc23)c(C(=O)O)c1. The lowest BCUT2D eigenvalue weighted by molar-refractivity contribution is 0.0698. The first-order chi connectivity index (χ1) is 11.9. The Morgan fingerprint density at radius 2 is 2.00 bits per heavy atom. The number of halogens is 1. The van der Waals surface area contributed by atoms with Gasteiger partial charge in [-0.1, -0.05) is 27.6 Å². The molecular weight excluding hydrogens is 408 g/mol. The topological polar surface area (TPSA) is 99.5 Å². The van der Waals surface area contributed by atoms with Crippen molar-refractivity contribution in [2.45, 2.75) is 11.8 Å². The van der Waals surface area contributed by atoms with E-state index >= 15 is 0 Å². The van der Waals surface area contributed by atoms with Crippen LogP contribution < -0.4 is 5.32 Å². The van der Waals surface area contributed by atoms with Gasteiger partial charge in [-0.3, -0.25) is 4.98 Å². The van der Waals surface area contributed by atoms with Gasteiger partial charge in [0.15, 0.2) is 11.1 Å². The average Bonchev–Trinajstić information content (AvgIpc) is 2.56. The summed E-state index contributed by atoms with van der Waals surface area (Å²) in [4.78, 5) is 15.8. The molecule has 0 fully saturated rings. The molecule has 0 saturated carbocycles. The molecule has 0 radical (unpaired) electrons. The summed E-state index contributed by atoms with van der Waals surface area (Å²) in [5.74, 6) is -1.09. The maximum atomic E-state index is 11.7. The summed E-state index contributed by atoms with van der Waals surface area (Å²) in [5, 5.41) is 13.0. The Morgan fingerprint density at radius 1 is 1.24 bits per heavy atom. The second-order valence-electron chi connectivity index (χ2n) is 5.39. The molecule has 0 aliphatic heterocycles. The molecule has 128 valence electrons. The number of hydrogen-bond acceptors (Lipinski definition) is 4. The fraction of sp³-hybridized carbons (Fsp3) is 0.0588. The molecule has 1 aromatic heterocycles. The largest absolute Gasteiger partial charge is 0.478 e. The van der Waals surface area contributed by atoms with Crippen LogP contribution in [0.2, 0.25) is 0 Å². The van der Waals surface area contributed by atoms with E-state index in [4.69, 9.17) is 0 Å². The molecular formula is C17H13BrN2O4S. The number of aromatic carboxylic acids is 1. The third kappa shape index (κ3) is 3.55. The van der Waals surface area contributed by atoms with Crippen molar-refractivity contribution in [3.63, 3.8) is 0 Å². The molecule has 1 unspecified atom stereocenters. The number of pyridine rings is 1. The highest BCUT2D eigenvalue weighted by Gasteiger charge is 2.17. The van der Waals surface area contributed by atoms with E-state index in [1.165, 1.54) is 6.20 Å². The van der Waals surface area contributed by atoms with Crippen molar-refractivity contribution in [3.05, 3.63) is 58.2 Å². The van der Waals surface area contributed by atoms with E-state index in [0.717, 1.165) is 10.0 Å². The zero-order valence-electron chi connectivity index (χ0n) is 13.0. The summed E-state index contributed by atoms with van der Waals surface area (Å²) < 4.78 is 22.1. The summed E-state index contributed by atoms with van der Waals surface area (Å²) in [5.41, 5.74) is 2.17. The van der Waals surface area contributed by atoms with Gasteiger partial charge in [-0.2, -0.15) is 0 Å². The highest BCUT2D eigenvalue weighted by molar-refractivity contribution is 9.10. The summed E-state index contributed by atoms with van der Waals surface area (Å²) in [6, 6.07) is 10.3. The molecule has 0 aliphatic carbocycles. The predicted octanol–water partition coefficient (Wildman–Crippen LogP) is 4.33. The maximum absolute atomic E-state index is 11.7. The lowest BCUT2D eigenvalue weighted by atomic mass is 10.1. The van der Waals surface area contributed by atoms with Crippen molar-refractivity contribution >= 4 is 55.3 Å². The number of aromatic nitrogens is 1. The van der Waals surface area contributed by atoms with E-state index in [9.17, 15) is 18.7 Å². The number of anilines is 2. The van der Waals surface area contributed by atoms with Crippen LogP contribution in [0.5, 0.6) is 0 Å². The minimum absolute atomic E-state index is 0.0718. The number of carbonyl (C=O) groups is 1. The van der Waals surface area contributed by atoms with Gasteiger partial charge in [-0.15, -0.1) is 0 Å². The van der Waals surface area contributed by atoms with Crippen LogP contribution in [0.25, 0.3) is 10.9 Å². The fourth-order valence-corrected chi connectivity index (χ4v) is 3.33. The first-order valence-corrected chi connectivity index (χ1v) is 9.07. The summed E-state index contributed by atoms with van der Waals surface area (Å²) in [7, 11) is 0. The van der Waals surface area contributed by atoms with Gasteiger partial charge in [0.05, 0.1) is 22.5 Å².